The topological polar surface area (TPSA) is 72.1 Å². The Bertz CT molecular complexity index is 737. The van der Waals surface area contributed by atoms with Crippen LogP contribution in [0.25, 0.3) is 21.9 Å². The smallest absolute Gasteiger partial charge is 0.161 e. The zero-order valence-electron chi connectivity index (χ0n) is 11.8. The van der Waals surface area contributed by atoms with Gasteiger partial charge in [0, 0.05) is 22.9 Å². The van der Waals surface area contributed by atoms with Crippen molar-refractivity contribution >= 4 is 21.9 Å². The molecule has 0 spiro atoms. The van der Waals surface area contributed by atoms with Crippen LogP contribution in [-0.4, -0.2) is 23.4 Å². The van der Waals surface area contributed by atoms with Gasteiger partial charge >= 0.3 is 0 Å². The fraction of sp³-hybridized carbons (Fsp3) is 0.250. The first kappa shape index (κ1) is 13.4. The lowest BCUT2D eigenvalue weighted by Gasteiger charge is -2.06. The van der Waals surface area contributed by atoms with E-state index in [4.69, 9.17) is 13.9 Å². The van der Waals surface area contributed by atoms with Gasteiger partial charge in [0.05, 0.1) is 13.2 Å². The number of aromatic hydroxyl groups is 2. The van der Waals surface area contributed by atoms with Crippen LogP contribution in [0.3, 0.4) is 0 Å². The van der Waals surface area contributed by atoms with Gasteiger partial charge in [-0.15, -0.1) is 0 Å². The molecule has 0 fully saturated rings. The van der Waals surface area contributed by atoms with Crippen LogP contribution >= 0.6 is 0 Å². The number of hydrogen-bond donors (Lipinski definition) is 2. The molecule has 0 aliphatic rings. The second kappa shape index (κ2) is 5.09. The van der Waals surface area contributed by atoms with Crippen LogP contribution in [-0.2, 0) is 0 Å². The summed E-state index contributed by atoms with van der Waals surface area (Å²) in [6.45, 7) is 4.62. The van der Waals surface area contributed by atoms with Crippen molar-refractivity contribution in [3.63, 3.8) is 0 Å². The average Bonchev–Trinajstić information content (AvgIpc) is 2.77. The van der Waals surface area contributed by atoms with E-state index in [1.165, 1.54) is 12.1 Å². The summed E-state index contributed by atoms with van der Waals surface area (Å²) < 4.78 is 16.4. The van der Waals surface area contributed by atoms with Crippen molar-refractivity contribution < 1.29 is 24.1 Å². The van der Waals surface area contributed by atoms with E-state index in [1.807, 2.05) is 13.8 Å². The second-order valence-electron chi connectivity index (χ2n) is 4.60. The summed E-state index contributed by atoms with van der Waals surface area (Å²) in [5.41, 5.74) is 1.05. The van der Waals surface area contributed by atoms with Crippen molar-refractivity contribution in [1.82, 2.24) is 0 Å². The minimum Gasteiger partial charge on any atom is -0.504 e. The first-order chi connectivity index (χ1) is 10.1. The quantitative estimate of drug-likeness (QED) is 0.764. The lowest BCUT2D eigenvalue weighted by molar-refractivity contribution is 0.318. The highest BCUT2D eigenvalue weighted by atomic mass is 16.5. The zero-order valence-corrected chi connectivity index (χ0v) is 11.8. The van der Waals surface area contributed by atoms with Crippen molar-refractivity contribution in [3.05, 3.63) is 24.3 Å². The molecular formula is C16H16O5. The Morgan fingerprint density at radius 1 is 0.810 bits per heavy atom. The first-order valence-electron chi connectivity index (χ1n) is 6.81. The van der Waals surface area contributed by atoms with Gasteiger partial charge in [0.15, 0.2) is 23.0 Å². The highest BCUT2D eigenvalue weighted by Gasteiger charge is 2.15. The maximum absolute atomic E-state index is 9.90. The van der Waals surface area contributed by atoms with E-state index in [0.29, 0.717) is 35.9 Å². The van der Waals surface area contributed by atoms with Crippen molar-refractivity contribution in [2.45, 2.75) is 13.8 Å². The van der Waals surface area contributed by atoms with E-state index in [1.54, 1.807) is 12.1 Å². The summed E-state index contributed by atoms with van der Waals surface area (Å²) in [6.07, 6.45) is 0. The number of rotatable bonds is 4. The molecule has 0 aliphatic heterocycles. The molecule has 0 amide bonds. The van der Waals surface area contributed by atoms with Gasteiger partial charge < -0.3 is 24.1 Å². The molecular weight excluding hydrogens is 272 g/mol. The highest BCUT2D eigenvalue weighted by molar-refractivity contribution is 6.07. The standard InChI is InChI=1S/C16H16O5/c1-3-19-15-5-9-10-6-16(20-4-2)12(18)8-14(10)21-13(9)7-11(15)17/h5-8,17-18H,3-4H2,1-2H3. The van der Waals surface area contributed by atoms with Gasteiger partial charge in [-0.05, 0) is 26.0 Å². The molecule has 5 nitrogen and oxygen atoms in total. The van der Waals surface area contributed by atoms with Crippen molar-refractivity contribution in [3.8, 4) is 23.0 Å². The lowest BCUT2D eigenvalue weighted by Crippen LogP contribution is -1.92. The molecule has 0 saturated carbocycles. The molecule has 3 aromatic rings. The number of phenolic OH excluding ortho intramolecular Hbond substituents is 2. The summed E-state index contributed by atoms with van der Waals surface area (Å²) in [6, 6.07) is 6.48. The van der Waals surface area contributed by atoms with Crippen LogP contribution < -0.4 is 9.47 Å². The van der Waals surface area contributed by atoms with Gasteiger partial charge in [-0.2, -0.15) is 0 Å². The summed E-state index contributed by atoms with van der Waals surface area (Å²) in [7, 11) is 0. The molecule has 2 N–H and O–H groups in total. The Labute approximate surface area is 121 Å². The molecule has 21 heavy (non-hydrogen) atoms. The number of phenols is 2. The predicted octanol–water partition coefficient (Wildman–Crippen LogP) is 3.79. The van der Waals surface area contributed by atoms with Crippen LogP contribution in [0.4, 0.5) is 0 Å². The number of ether oxygens (including phenoxy) is 2. The van der Waals surface area contributed by atoms with Crippen LogP contribution in [0, 0.1) is 0 Å². The maximum atomic E-state index is 9.90. The normalized spacial score (nSPS) is 11.1. The van der Waals surface area contributed by atoms with Gasteiger partial charge in [0.25, 0.3) is 0 Å². The molecule has 5 heteroatoms. The number of benzene rings is 2. The third-order valence-corrected chi connectivity index (χ3v) is 3.23. The SMILES string of the molecule is CCOc1cc2c(cc1O)oc1cc(O)c(OCC)cc12. The van der Waals surface area contributed by atoms with Crippen molar-refractivity contribution in [2.75, 3.05) is 13.2 Å². The minimum atomic E-state index is 0.0256. The van der Waals surface area contributed by atoms with Gasteiger partial charge in [0.2, 0.25) is 0 Å². The number of hydrogen-bond acceptors (Lipinski definition) is 5. The lowest BCUT2D eigenvalue weighted by atomic mass is 10.1. The molecule has 3 rings (SSSR count). The Kier molecular flexibility index (Phi) is 3.25. The van der Waals surface area contributed by atoms with Crippen molar-refractivity contribution in [1.29, 1.82) is 0 Å². The molecule has 1 aromatic heterocycles. The second-order valence-corrected chi connectivity index (χ2v) is 4.60. The van der Waals surface area contributed by atoms with E-state index in [0.717, 1.165) is 10.8 Å². The molecule has 1 heterocycles. The Balaban J connectivity index is 2.27. The molecule has 0 radical (unpaired) electrons. The average molecular weight is 288 g/mol. The third-order valence-electron chi connectivity index (χ3n) is 3.23. The molecule has 0 unspecified atom stereocenters. The van der Waals surface area contributed by atoms with E-state index in [2.05, 4.69) is 0 Å². The monoisotopic (exact) mass is 288 g/mol. The van der Waals surface area contributed by atoms with Crippen molar-refractivity contribution in [2.24, 2.45) is 0 Å². The number of furan rings is 1. The summed E-state index contributed by atoms with van der Waals surface area (Å²) in [5, 5.41) is 21.4. The molecule has 0 bridgehead atoms. The van der Waals surface area contributed by atoms with Crippen LogP contribution in [0.2, 0.25) is 0 Å². The van der Waals surface area contributed by atoms with E-state index in [-0.39, 0.29) is 11.5 Å². The Morgan fingerprint density at radius 3 is 1.62 bits per heavy atom. The third kappa shape index (κ3) is 2.20. The fourth-order valence-electron chi connectivity index (χ4n) is 2.35. The van der Waals surface area contributed by atoms with Crippen LogP contribution in [0.5, 0.6) is 23.0 Å². The Morgan fingerprint density at radius 2 is 1.24 bits per heavy atom. The molecule has 0 aliphatic carbocycles. The van der Waals surface area contributed by atoms with Gasteiger partial charge in [-0.3, -0.25) is 0 Å². The summed E-state index contributed by atoms with van der Waals surface area (Å²) >= 11 is 0. The van der Waals surface area contributed by atoms with E-state index in [9.17, 15) is 10.2 Å². The van der Waals surface area contributed by atoms with E-state index >= 15 is 0 Å². The van der Waals surface area contributed by atoms with Gasteiger partial charge in [-0.1, -0.05) is 0 Å². The zero-order chi connectivity index (χ0) is 15.0. The van der Waals surface area contributed by atoms with Crippen LogP contribution in [0.15, 0.2) is 28.7 Å². The Hall–Kier alpha value is -2.56. The summed E-state index contributed by atoms with van der Waals surface area (Å²) in [4.78, 5) is 0. The predicted molar refractivity (Wildman–Crippen MR) is 79.4 cm³/mol. The fourth-order valence-corrected chi connectivity index (χ4v) is 2.35. The molecule has 2 aromatic carbocycles. The van der Waals surface area contributed by atoms with Crippen LogP contribution in [0.1, 0.15) is 13.8 Å². The van der Waals surface area contributed by atoms with E-state index < -0.39 is 0 Å². The molecule has 0 atom stereocenters. The first-order valence-corrected chi connectivity index (χ1v) is 6.81. The minimum absolute atomic E-state index is 0.0256. The summed E-state index contributed by atoms with van der Waals surface area (Å²) in [5.74, 6) is 0.854. The van der Waals surface area contributed by atoms with Gasteiger partial charge in [0.1, 0.15) is 11.2 Å². The molecule has 0 saturated heterocycles. The number of fused-ring (bicyclic) bond motifs is 3. The van der Waals surface area contributed by atoms with Gasteiger partial charge in [-0.25, -0.2) is 0 Å². The largest absolute Gasteiger partial charge is 0.504 e. The molecule has 110 valence electrons. The maximum Gasteiger partial charge on any atom is 0.161 e. The highest BCUT2D eigenvalue weighted by Crippen LogP contribution is 2.40.